The highest BCUT2D eigenvalue weighted by molar-refractivity contribution is 5.74. The zero-order chi connectivity index (χ0) is 19.5. The molecule has 0 aliphatic heterocycles. The average Bonchev–Trinajstić information content (AvgIpc) is 2.53. The summed E-state index contributed by atoms with van der Waals surface area (Å²) in [5.74, 6) is -2.74. The molecule has 0 aromatic rings. The first kappa shape index (κ1) is 25.1. The highest BCUT2D eigenvalue weighted by atomic mass is 16.5. The first-order valence-electron chi connectivity index (χ1n) is 8.38. The number of carboxylic acids is 3. The quantitative estimate of drug-likeness (QED) is 0.178. The summed E-state index contributed by atoms with van der Waals surface area (Å²) in [6.45, 7) is 0. The Morgan fingerprint density at radius 1 is 0.520 bits per heavy atom. The van der Waals surface area contributed by atoms with E-state index >= 15 is 0 Å². The van der Waals surface area contributed by atoms with E-state index in [4.69, 9.17) is 20.5 Å². The number of rotatable bonds is 14. The van der Waals surface area contributed by atoms with Gasteiger partial charge in [0, 0.05) is 25.7 Å². The van der Waals surface area contributed by atoms with Gasteiger partial charge in [0.05, 0.1) is 0 Å². The van der Waals surface area contributed by atoms with Crippen LogP contribution >= 0.6 is 0 Å². The van der Waals surface area contributed by atoms with Crippen LogP contribution in [-0.4, -0.2) is 44.3 Å². The summed E-state index contributed by atoms with van der Waals surface area (Å²) < 4.78 is 0. The molecule has 0 unspecified atom stereocenters. The van der Waals surface area contributed by atoms with Crippen LogP contribution in [0.2, 0.25) is 0 Å². The molecule has 0 saturated heterocycles. The predicted octanol–water partition coefficient (Wildman–Crippen LogP) is 2.41. The van der Waals surface area contributed by atoms with Crippen molar-refractivity contribution in [1.82, 2.24) is 5.48 Å². The van der Waals surface area contributed by atoms with E-state index in [9.17, 15) is 19.2 Å². The molecule has 0 atom stereocenters. The fourth-order valence-corrected chi connectivity index (χ4v) is 1.88. The van der Waals surface area contributed by atoms with E-state index in [-0.39, 0.29) is 19.3 Å². The van der Waals surface area contributed by atoms with Gasteiger partial charge in [0.2, 0.25) is 5.91 Å². The standard InChI is InChI=1S/C8H15NO4.C8H14O4/c10-7(9-13)5-3-1-2-4-6-8(11)12;9-7(10)5-3-1-2-4-6-8(11)12/h13H,1-6H2,(H,9,10)(H,11,12);1-6H2,(H,9,10)(H,11,12). The fraction of sp³-hybridized carbons (Fsp3) is 0.750. The van der Waals surface area contributed by atoms with Crippen molar-refractivity contribution < 1.29 is 39.7 Å². The summed E-state index contributed by atoms with van der Waals surface area (Å²) in [5.41, 5.74) is 1.54. The molecule has 0 bridgehead atoms. The first-order chi connectivity index (χ1) is 11.8. The zero-order valence-electron chi connectivity index (χ0n) is 14.4. The van der Waals surface area contributed by atoms with Crippen LogP contribution in [0.5, 0.6) is 0 Å². The number of carbonyl (C=O) groups is 4. The number of carboxylic acid groups (broad SMARTS) is 3. The van der Waals surface area contributed by atoms with Crippen LogP contribution in [0.3, 0.4) is 0 Å². The molecule has 146 valence electrons. The van der Waals surface area contributed by atoms with E-state index < -0.39 is 23.8 Å². The van der Waals surface area contributed by atoms with Gasteiger partial charge in [0.1, 0.15) is 0 Å². The van der Waals surface area contributed by atoms with Crippen LogP contribution in [-0.2, 0) is 19.2 Å². The Hall–Kier alpha value is -2.16. The predicted molar refractivity (Wildman–Crippen MR) is 88.2 cm³/mol. The van der Waals surface area contributed by atoms with Crippen molar-refractivity contribution in [3.05, 3.63) is 0 Å². The zero-order valence-corrected chi connectivity index (χ0v) is 14.4. The lowest BCUT2D eigenvalue weighted by Gasteiger charge is -1.98. The van der Waals surface area contributed by atoms with Gasteiger partial charge in [-0.25, -0.2) is 5.48 Å². The van der Waals surface area contributed by atoms with Crippen molar-refractivity contribution >= 4 is 23.8 Å². The highest BCUT2D eigenvalue weighted by Gasteiger charge is 2.00. The van der Waals surface area contributed by atoms with Crippen LogP contribution < -0.4 is 5.48 Å². The maximum Gasteiger partial charge on any atom is 0.303 e. The molecule has 0 aromatic heterocycles. The van der Waals surface area contributed by atoms with Crippen LogP contribution in [0.1, 0.15) is 77.0 Å². The van der Waals surface area contributed by atoms with Gasteiger partial charge in [-0.15, -0.1) is 0 Å². The third-order valence-electron chi connectivity index (χ3n) is 3.20. The van der Waals surface area contributed by atoms with Crippen molar-refractivity contribution in [3.8, 4) is 0 Å². The molecule has 0 aliphatic carbocycles. The van der Waals surface area contributed by atoms with Gasteiger partial charge in [0.15, 0.2) is 0 Å². The summed E-state index contributed by atoms with van der Waals surface area (Å²) in [6, 6.07) is 0. The molecule has 5 N–H and O–H groups in total. The van der Waals surface area contributed by atoms with Gasteiger partial charge in [-0.3, -0.25) is 24.4 Å². The first-order valence-corrected chi connectivity index (χ1v) is 8.38. The van der Waals surface area contributed by atoms with Gasteiger partial charge < -0.3 is 15.3 Å². The molecular formula is C16H29NO8. The summed E-state index contributed by atoms with van der Waals surface area (Å²) in [4.78, 5) is 40.7. The molecule has 0 heterocycles. The fourth-order valence-electron chi connectivity index (χ4n) is 1.88. The molecule has 0 saturated carbocycles. The third-order valence-corrected chi connectivity index (χ3v) is 3.20. The summed E-state index contributed by atoms with van der Waals surface area (Å²) in [6.07, 6.45) is 6.73. The minimum absolute atomic E-state index is 0.187. The molecule has 1 amide bonds. The summed E-state index contributed by atoms with van der Waals surface area (Å²) >= 11 is 0. The molecule has 25 heavy (non-hydrogen) atoms. The van der Waals surface area contributed by atoms with E-state index in [1.54, 1.807) is 5.48 Å². The van der Waals surface area contributed by atoms with Gasteiger partial charge in [-0.1, -0.05) is 25.7 Å². The van der Waals surface area contributed by atoms with Gasteiger partial charge in [-0.2, -0.15) is 0 Å². The molecule has 9 nitrogen and oxygen atoms in total. The number of aliphatic carboxylic acids is 3. The Labute approximate surface area is 147 Å². The second-order valence-electron chi connectivity index (χ2n) is 5.54. The Balaban J connectivity index is 0. The van der Waals surface area contributed by atoms with Crippen molar-refractivity contribution in [2.75, 3.05) is 0 Å². The number of hydroxylamine groups is 1. The van der Waals surface area contributed by atoms with Crippen LogP contribution in [0.25, 0.3) is 0 Å². The van der Waals surface area contributed by atoms with Crippen molar-refractivity contribution in [2.24, 2.45) is 0 Å². The second kappa shape index (κ2) is 18.2. The maximum absolute atomic E-state index is 10.5. The lowest BCUT2D eigenvalue weighted by atomic mass is 10.1. The maximum atomic E-state index is 10.5. The molecule has 0 aliphatic rings. The molecular weight excluding hydrogens is 334 g/mol. The lowest BCUT2D eigenvalue weighted by molar-refractivity contribution is -0.138. The van der Waals surface area contributed by atoms with Crippen LogP contribution in [0.15, 0.2) is 0 Å². The van der Waals surface area contributed by atoms with Crippen LogP contribution in [0.4, 0.5) is 0 Å². The molecule has 0 radical (unpaired) electrons. The minimum atomic E-state index is -0.784. The van der Waals surface area contributed by atoms with Gasteiger partial charge in [0.25, 0.3) is 0 Å². The molecule has 0 rings (SSSR count). The van der Waals surface area contributed by atoms with E-state index in [2.05, 4.69) is 0 Å². The molecule has 0 aromatic carbocycles. The third kappa shape index (κ3) is 27.0. The van der Waals surface area contributed by atoms with E-state index in [0.29, 0.717) is 32.1 Å². The highest BCUT2D eigenvalue weighted by Crippen LogP contribution is 2.05. The number of unbranched alkanes of at least 4 members (excludes halogenated alkanes) is 6. The lowest BCUT2D eigenvalue weighted by Crippen LogP contribution is -2.17. The Morgan fingerprint density at radius 2 is 0.800 bits per heavy atom. The van der Waals surface area contributed by atoms with E-state index in [0.717, 1.165) is 25.7 Å². The molecule has 9 heteroatoms. The van der Waals surface area contributed by atoms with E-state index in [1.807, 2.05) is 0 Å². The molecule has 0 fully saturated rings. The van der Waals surface area contributed by atoms with Crippen molar-refractivity contribution in [3.63, 3.8) is 0 Å². The Bertz CT molecular complexity index is 380. The normalized spacial score (nSPS) is 9.64. The largest absolute Gasteiger partial charge is 0.481 e. The summed E-state index contributed by atoms with van der Waals surface area (Å²) in [7, 11) is 0. The van der Waals surface area contributed by atoms with Gasteiger partial charge >= 0.3 is 17.9 Å². The number of hydrogen-bond donors (Lipinski definition) is 5. The SMILES string of the molecule is O=C(O)CCCCCCC(=O)NO.O=C(O)CCCCCCC(=O)O. The van der Waals surface area contributed by atoms with Crippen molar-refractivity contribution in [2.45, 2.75) is 77.0 Å². The van der Waals surface area contributed by atoms with Crippen molar-refractivity contribution in [1.29, 1.82) is 0 Å². The number of amides is 1. The Kier molecular flexibility index (Phi) is 18.2. The number of nitrogens with one attached hydrogen (secondary N) is 1. The minimum Gasteiger partial charge on any atom is -0.481 e. The summed E-state index contributed by atoms with van der Waals surface area (Å²) in [5, 5.41) is 33.0. The monoisotopic (exact) mass is 363 g/mol. The second-order valence-corrected chi connectivity index (χ2v) is 5.54. The number of carbonyl (C=O) groups excluding carboxylic acids is 1. The van der Waals surface area contributed by atoms with E-state index in [1.165, 1.54) is 0 Å². The average molecular weight is 363 g/mol. The Morgan fingerprint density at radius 3 is 1.04 bits per heavy atom. The van der Waals surface area contributed by atoms with Gasteiger partial charge in [-0.05, 0) is 25.7 Å². The number of hydrogen-bond acceptors (Lipinski definition) is 5. The smallest absolute Gasteiger partial charge is 0.303 e. The molecule has 0 spiro atoms. The topological polar surface area (TPSA) is 161 Å². The van der Waals surface area contributed by atoms with Crippen LogP contribution in [0, 0.1) is 0 Å².